The second kappa shape index (κ2) is 3.88. The van der Waals surface area contributed by atoms with Gasteiger partial charge in [0, 0.05) is 5.38 Å². The van der Waals surface area contributed by atoms with Gasteiger partial charge in [-0.05, 0) is 12.8 Å². The van der Waals surface area contributed by atoms with Gasteiger partial charge in [0.05, 0.1) is 6.61 Å². The Morgan fingerprint density at radius 1 is 1.92 bits per heavy atom. The van der Waals surface area contributed by atoms with E-state index in [1.54, 1.807) is 12.3 Å². The number of terminal acetylenes is 1. The van der Waals surface area contributed by atoms with Crippen LogP contribution < -0.4 is 0 Å². The average Bonchev–Trinajstić information content (AvgIpc) is 2.52. The van der Waals surface area contributed by atoms with Gasteiger partial charge >= 0.3 is 5.97 Å². The van der Waals surface area contributed by atoms with Crippen LogP contribution in [0, 0.1) is 12.3 Å². The van der Waals surface area contributed by atoms with E-state index in [4.69, 9.17) is 11.2 Å². The molecule has 0 saturated carbocycles. The zero-order valence-electron chi connectivity index (χ0n) is 6.53. The van der Waals surface area contributed by atoms with E-state index in [-0.39, 0.29) is 5.69 Å². The zero-order chi connectivity index (χ0) is 8.97. The van der Waals surface area contributed by atoms with E-state index in [9.17, 15) is 4.79 Å². The summed E-state index contributed by atoms with van der Waals surface area (Å²) in [5.74, 6) is 1.92. The normalized spacial score (nSPS) is 9.00. The molecule has 12 heavy (non-hydrogen) atoms. The summed E-state index contributed by atoms with van der Waals surface area (Å²) in [6.07, 6.45) is 5.08. The molecule has 4 heteroatoms. The fourth-order valence-corrected chi connectivity index (χ4v) is 1.23. The molecule has 0 aromatic carbocycles. The van der Waals surface area contributed by atoms with Crippen LogP contribution in [0.3, 0.4) is 0 Å². The van der Waals surface area contributed by atoms with Crippen LogP contribution in [0.4, 0.5) is 0 Å². The van der Waals surface area contributed by atoms with Gasteiger partial charge in [0.1, 0.15) is 0 Å². The van der Waals surface area contributed by atoms with E-state index < -0.39 is 5.97 Å². The Labute approximate surface area is 74.4 Å². The fraction of sp³-hybridized carbons (Fsp3) is 0.250. The van der Waals surface area contributed by atoms with Gasteiger partial charge in [-0.2, -0.15) is 0 Å². The first-order chi connectivity index (χ1) is 5.77. The highest BCUT2D eigenvalue weighted by atomic mass is 32.1. The molecule has 0 radical (unpaired) electrons. The predicted octanol–water partition coefficient (Wildman–Crippen LogP) is 1.30. The average molecular weight is 181 g/mol. The van der Waals surface area contributed by atoms with Gasteiger partial charge < -0.3 is 4.74 Å². The van der Waals surface area contributed by atoms with Crippen LogP contribution in [0.1, 0.15) is 22.4 Å². The summed E-state index contributed by atoms with van der Waals surface area (Å²) in [4.78, 5) is 14.9. The molecule has 0 aliphatic rings. The first-order valence-corrected chi connectivity index (χ1v) is 4.25. The lowest BCUT2D eigenvalue weighted by atomic mass is 10.5. The molecule has 0 amide bonds. The summed E-state index contributed by atoms with van der Waals surface area (Å²) < 4.78 is 4.72. The number of ether oxygens (including phenoxy) is 1. The largest absolute Gasteiger partial charge is 0.461 e. The Balaban J connectivity index is 2.76. The lowest BCUT2D eigenvalue weighted by molar-refractivity contribution is 0.0520. The van der Waals surface area contributed by atoms with Crippen molar-refractivity contribution in [1.82, 2.24) is 4.98 Å². The Morgan fingerprint density at radius 2 is 2.67 bits per heavy atom. The van der Waals surface area contributed by atoms with Crippen molar-refractivity contribution in [3.63, 3.8) is 0 Å². The number of aromatic nitrogens is 1. The summed E-state index contributed by atoms with van der Waals surface area (Å²) in [5.41, 5.74) is 0.287. The van der Waals surface area contributed by atoms with Crippen molar-refractivity contribution in [2.45, 2.75) is 6.92 Å². The summed E-state index contributed by atoms with van der Waals surface area (Å²) in [6.45, 7) is 2.09. The second-order valence-electron chi connectivity index (χ2n) is 1.90. The smallest absolute Gasteiger partial charge is 0.357 e. The van der Waals surface area contributed by atoms with Crippen molar-refractivity contribution in [2.24, 2.45) is 0 Å². The number of carbonyl (C=O) groups excluding carboxylic acids is 1. The summed E-state index contributed by atoms with van der Waals surface area (Å²) >= 11 is 1.26. The third kappa shape index (κ3) is 1.83. The molecule has 3 nitrogen and oxygen atoms in total. The lowest BCUT2D eigenvalue weighted by Crippen LogP contribution is -2.04. The van der Waals surface area contributed by atoms with E-state index in [2.05, 4.69) is 10.9 Å². The monoisotopic (exact) mass is 181 g/mol. The highest BCUT2D eigenvalue weighted by molar-refractivity contribution is 7.10. The first-order valence-electron chi connectivity index (χ1n) is 3.37. The maximum Gasteiger partial charge on any atom is 0.357 e. The van der Waals surface area contributed by atoms with E-state index in [0.29, 0.717) is 11.6 Å². The molecule has 1 heterocycles. The van der Waals surface area contributed by atoms with Crippen molar-refractivity contribution in [1.29, 1.82) is 0 Å². The Bertz CT molecular complexity index is 324. The number of hydrogen-bond acceptors (Lipinski definition) is 4. The van der Waals surface area contributed by atoms with Gasteiger partial charge in [0.25, 0.3) is 0 Å². The standard InChI is InChI=1S/C8H7NO2S/c1-3-7-9-6(5-12-7)8(10)11-4-2/h1,5H,4H2,2H3. The highest BCUT2D eigenvalue weighted by Crippen LogP contribution is 2.08. The van der Waals surface area contributed by atoms with Gasteiger partial charge in [0.2, 0.25) is 0 Å². The van der Waals surface area contributed by atoms with Crippen LogP contribution in [0.5, 0.6) is 0 Å². The molecule has 0 atom stereocenters. The van der Waals surface area contributed by atoms with E-state index in [1.807, 2.05) is 0 Å². The first kappa shape index (κ1) is 8.75. The molecule has 0 unspecified atom stereocenters. The van der Waals surface area contributed by atoms with E-state index in [0.717, 1.165) is 0 Å². The highest BCUT2D eigenvalue weighted by Gasteiger charge is 2.09. The zero-order valence-corrected chi connectivity index (χ0v) is 7.35. The maximum absolute atomic E-state index is 11.0. The minimum atomic E-state index is -0.421. The van der Waals surface area contributed by atoms with Gasteiger partial charge in [0.15, 0.2) is 10.7 Å². The number of nitrogens with zero attached hydrogens (tertiary/aromatic N) is 1. The molecule has 0 aliphatic carbocycles. The Hall–Kier alpha value is -1.34. The lowest BCUT2D eigenvalue weighted by Gasteiger charge is -1.95. The third-order valence-corrected chi connectivity index (χ3v) is 1.89. The molecule has 0 fully saturated rings. The van der Waals surface area contributed by atoms with Gasteiger partial charge in [-0.25, -0.2) is 9.78 Å². The van der Waals surface area contributed by atoms with E-state index >= 15 is 0 Å². The number of rotatable bonds is 2. The van der Waals surface area contributed by atoms with Crippen molar-refractivity contribution < 1.29 is 9.53 Å². The molecule has 0 saturated heterocycles. The molecule has 1 aromatic rings. The van der Waals surface area contributed by atoms with Gasteiger partial charge in [-0.15, -0.1) is 17.8 Å². The molecule has 0 bridgehead atoms. The SMILES string of the molecule is C#Cc1nc(C(=O)OCC)cs1. The maximum atomic E-state index is 11.0. The number of esters is 1. The van der Waals surface area contributed by atoms with Crippen LogP contribution in [-0.4, -0.2) is 17.6 Å². The van der Waals surface area contributed by atoms with Gasteiger partial charge in [-0.1, -0.05) is 0 Å². The molecule has 1 rings (SSSR count). The number of thiazole rings is 1. The minimum absolute atomic E-state index is 0.287. The molecule has 1 aromatic heterocycles. The van der Waals surface area contributed by atoms with Crippen LogP contribution in [0.25, 0.3) is 0 Å². The quantitative estimate of drug-likeness (QED) is 0.510. The van der Waals surface area contributed by atoms with E-state index in [1.165, 1.54) is 11.3 Å². The number of hydrogen-bond donors (Lipinski definition) is 0. The molecule has 0 N–H and O–H groups in total. The summed E-state index contributed by atoms with van der Waals surface area (Å²) in [7, 11) is 0. The van der Waals surface area contributed by atoms with Crippen molar-refractivity contribution in [3.05, 3.63) is 16.1 Å². The minimum Gasteiger partial charge on any atom is -0.461 e. The molecular formula is C8H7NO2S. The summed E-state index contributed by atoms with van der Waals surface area (Å²) in [6, 6.07) is 0. The number of carbonyl (C=O) groups is 1. The fourth-order valence-electron chi connectivity index (χ4n) is 0.639. The predicted molar refractivity (Wildman–Crippen MR) is 46.0 cm³/mol. The summed E-state index contributed by atoms with van der Waals surface area (Å²) in [5, 5.41) is 2.09. The molecule has 0 spiro atoms. The molecule has 62 valence electrons. The topological polar surface area (TPSA) is 39.2 Å². The Morgan fingerprint density at radius 3 is 3.17 bits per heavy atom. The third-order valence-electron chi connectivity index (χ3n) is 1.11. The molecule has 0 aliphatic heterocycles. The van der Waals surface area contributed by atoms with Crippen molar-refractivity contribution in [2.75, 3.05) is 6.61 Å². The Kier molecular flexibility index (Phi) is 2.83. The van der Waals surface area contributed by atoms with Gasteiger partial charge in [-0.3, -0.25) is 0 Å². The van der Waals surface area contributed by atoms with Crippen LogP contribution >= 0.6 is 11.3 Å². The van der Waals surface area contributed by atoms with Crippen LogP contribution in [0.15, 0.2) is 5.38 Å². The molecular weight excluding hydrogens is 174 g/mol. The van der Waals surface area contributed by atoms with Crippen LogP contribution in [-0.2, 0) is 4.74 Å². The van der Waals surface area contributed by atoms with Crippen LogP contribution in [0.2, 0.25) is 0 Å². The second-order valence-corrected chi connectivity index (χ2v) is 2.76. The van der Waals surface area contributed by atoms with Crippen molar-refractivity contribution >= 4 is 17.3 Å². The van der Waals surface area contributed by atoms with Crippen molar-refractivity contribution in [3.8, 4) is 12.3 Å².